The van der Waals surface area contributed by atoms with Crippen LogP contribution in [0.3, 0.4) is 0 Å². The second kappa shape index (κ2) is 5.01. The van der Waals surface area contributed by atoms with E-state index in [0.29, 0.717) is 12.3 Å². The number of aldehydes is 1. The number of nitrogens with one attached hydrogen (secondary N) is 1. The van der Waals surface area contributed by atoms with Gasteiger partial charge < -0.3 is 10.1 Å². The van der Waals surface area contributed by atoms with Gasteiger partial charge in [-0.05, 0) is 31.2 Å². The number of carbonyl (C=O) groups excluding carboxylic acids is 2. The molecule has 0 atom stereocenters. The smallest absolute Gasteiger partial charge is 0.288 e. The third-order valence-corrected chi connectivity index (χ3v) is 1.54. The van der Waals surface area contributed by atoms with Crippen LogP contribution in [0.5, 0.6) is 5.75 Å². The third kappa shape index (κ3) is 2.90. The second-order valence-corrected chi connectivity index (χ2v) is 2.56. The number of ether oxygens (including phenoxy) is 1. The molecule has 4 heteroatoms. The molecule has 4 nitrogen and oxygen atoms in total. The molecule has 0 radical (unpaired) electrons. The Morgan fingerprint density at radius 2 is 2.07 bits per heavy atom. The van der Waals surface area contributed by atoms with Crippen LogP contribution in [0.4, 0.5) is 5.69 Å². The van der Waals surface area contributed by atoms with Crippen molar-refractivity contribution in [1.29, 1.82) is 0 Å². The minimum absolute atomic E-state index is 0.233. The lowest BCUT2D eigenvalue weighted by atomic mass is 10.3. The first kappa shape index (κ1) is 10.2. The van der Waals surface area contributed by atoms with Gasteiger partial charge >= 0.3 is 0 Å². The molecule has 74 valence electrons. The zero-order chi connectivity index (χ0) is 10.4. The zero-order valence-electron chi connectivity index (χ0n) is 7.82. The van der Waals surface area contributed by atoms with Gasteiger partial charge in [-0.2, -0.15) is 0 Å². The monoisotopic (exact) mass is 193 g/mol. The molecule has 0 bridgehead atoms. The second-order valence-electron chi connectivity index (χ2n) is 2.56. The van der Waals surface area contributed by atoms with Crippen LogP contribution >= 0.6 is 0 Å². The summed E-state index contributed by atoms with van der Waals surface area (Å²) in [5.74, 6) is 0.0748. The van der Waals surface area contributed by atoms with E-state index < -0.39 is 5.91 Å². The average molecular weight is 193 g/mol. The fourth-order valence-electron chi connectivity index (χ4n) is 0.973. The lowest BCUT2D eigenvalue weighted by molar-refractivity contribution is -0.127. The molecule has 0 unspecified atom stereocenters. The highest BCUT2D eigenvalue weighted by Crippen LogP contribution is 2.15. The molecule has 1 aromatic carbocycles. The van der Waals surface area contributed by atoms with Crippen molar-refractivity contribution in [2.45, 2.75) is 6.92 Å². The van der Waals surface area contributed by atoms with Crippen molar-refractivity contribution in [2.24, 2.45) is 0 Å². The first-order valence-electron chi connectivity index (χ1n) is 4.25. The van der Waals surface area contributed by atoms with Gasteiger partial charge in [0.1, 0.15) is 5.75 Å². The number of anilines is 1. The summed E-state index contributed by atoms with van der Waals surface area (Å²) in [6.45, 7) is 2.49. The van der Waals surface area contributed by atoms with Crippen molar-refractivity contribution in [2.75, 3.05) is 11.9 Å². The molecule has 0 aliphatic heterocycles. The van der Waals surface area contributed by atoms with Gasteiger partial charge in [0.05, 0.1) is 6.61 Å². The maximum Gasteiger partial charge on any atom is 0.288 e. The number of hydrogen-bond acceptors (Lipinski definition) is 3. The van der Waals surface area contributed by atoms with E-state index in [9.17, 15) is 9.59 Å². The van der Waals surface area contributed by atoms with E-state index in [-0.39, 0.29) is 6.29 Å². The summed E-state index contributed by atoms with van der Waals surface area (Å²) in [5, 5.41) is 2.40. The van der Waals surface area contributed by atoms with Gasteiger partial charge in [0.15, 0.2) is 0 Å². The molecule has 0 fully saturated rings. The molecular formula is C10H11NO3. The fourth-order valence-corrected chi connectivity index (χ4v) is 0.973. The van der Waals surface area contributed by atoms with Crippen LogP contribution < -0.4 is 10.1 Å². The summed E-state index contributed by atoms with van der Waals surface area (Å²) in [7, 11) is 0. The van der Waals surface area contributed by atoms with Gasteiger partial charge in [0, 0.05) is 5.69 Å². The molecule has 1 aromatic rings. The van der Waals surface area contributed by atoms with Gasteiger partial charge in [0.2, 0.25) is 6.29 Å². The minimum Gasteiger partial charge on any atom is -0.494 e. The Labute approximate surface area is 81.9 Å². The molecule has 0 aliphatic carbocycles. The van der Waals surface area contributed by atoms with E-state index in [1.807, 2.05) is 6.92 Å². The molecule has 14 heavy (non-hydrogen) atoms. The summed E-state index contributed by atoms with van der Waals surface area (Å²) in [6.07, 6.45) is 0.233. The predicted octanol–water partition coefficient (Wildman–Crippen LogP) is 1.22. The lowest BCUT2D eigenvalue weighted by Gasteiger charge is -2.04. The fraction of sp³-hybridized carbons (Fsp3) is 0.200. The summed E-state index contributed by atoms with van der Waals surface area (Å²) in [5.41, 5.74) is 0.575. The van der Waals surface area contributed by atoms with E-state index >= 15 is 0 Å². The largest absolute Gasteiger partial charge is 0.494 e. The number of hydrogen-bond donors (Lipinski definition) is 1. The maximum absolute atomic E-state index is 10.7. The maximum atomic E-state index is 10.7. The van der Waals surface area contributed by atoms with Crippen molar-refractivity contribution >= 4 is 17.9 Å². The Kier molecular flexibility index (Phi) is 3.67. The van der Waals surface area contributed by atoms with Gasteiger partial charge in [-0.15, -0.1) is 0 Å². The summed E-state index contributed by atoms with van der Waals surface area (Å²) in [6, 6.07) is 6.80. The first-order valence-corrected chi connectivity index (χ1v) is 4.25. The number of benzene rings is 1. The van der Waals surface area contributed by atoms with E-state index in [1.165, 1.54) is 0 Å². The Morgan fingerprint density at radius 3 is 2.57 bits per heavy atom. The first-order chi connectivity index (χ1) is 6.76. The van der Waals surface area contributed by atoms with Crippen LogP contribution in [0.25, 0.3) is 0 Å². The summed E-state index contributed by atoms with van der Waals surface area (Å²) in [4.78, 5) is 20.7. The molecule has 0 aromatic heterocycles. The highest BCUT2D eigenvalue weighted by molar-refractivity contribution is 6.29. The Bertz CT molecular complexity index is 319. The number of rotatable bonds is 4. The number of amides is 1. The summed E-state index contributed by atoms with van der Waals surface area (Å²) < 4.78 is 5.21. The van der Waals surface area contributed by atoms with Gasteiger partial charge in [-0.3, -0.25) is 9.59 Å². The minimum atomic E-state index is -0.658. The highest BCUT2D eigenvalue weighted by Gasteiger charge is 1.99. The van der Waals surface area contributed by atoms with E-state index in [0.717, 1.165) is 5.75 Å². The zero-order valence-corrected chi connectivity index (χ0v) is 7.82. The Morgan fingerprint density at radius 1 is 1.43 bits per heavy atom. The molecule has 0 aliphatic rings. The third-order valence-electron chi connectivity index (χ3n) is 1.54. The quantitative estimate of drug-likeness (QED) is 0.577. The van der Waals surface area contributed by atoms with Crippen molar-refractivity contribution in [1.82, 2.24) is 0 Å². The molecule has 1 rings (SSSR count). The number of carbonyl (C=O) groups is 2. The van der Waals surface area contributed by atoms with Crippen LogP contribution in [0.2, 0.25) is 0 Å². The van der Waals surface area contributed by atoms with E-state index in [2.05, 4.69) is 5.32 Å². The van der Waals surface area contributed by atoms with E-state index in [1.54, 1.807) is 24.3 Å². The topological polar surface area (TPSA) is 55.4 Å². The predicted molar refractivity (Wildman–Crippen MR) is 52.3 cm³/mol. The summed E-state index contributed by atoms with van der Waals surface area (Å²) >= 11 is 0. The average Bonchev–Trinajstić information content (AvgIpc) is 2.21. The van der Waals surface area contributed by atoms with Crippen LogP contribution in [0.1, 0.15) is 6.92 Å². The molecule has 0 saturated carbocycles. The van der Waals surface area contributed by atoms with Crippen molar-refractivity contribution in [3.63, 3.8) is 0 Å². The van der Waals surface area contributed by atoms with Crippen LogP contribution in [-0.4, -0.2) is 18.8 Å². The molecule has 1 N–H and O–H groups in total. The molecule has 0 heterocycles. The van der Waals surface area contributed by atoms with E-state index in [4.69, 9.17) is 4.74 Å². The van der Waals surface area contributed by atoms with Crippen molar-refractivity contribution in [3.05, 3.63) is 24.3 Å². The SMILES string of the molecule is CCOc1ccc(NC(=O)C=O)cc1. The van der Waals surface area contributed by atoms with Crippen LogP contribution in [0, 0.1) is 0 Å². The molecule has 1 amide bonds. The Hall–Kier alpha value is -1.84. The molecular weight excluding hydrogens is 182 g/mol. The lowest BCUT2D eigenvalue weighted by Crippen LogP contribution is -2.11. The van der Waals surface area contributed by atoms with Gasteiger partial charge in [-0.1, -0.05) is 0 Å². The van der Waals surface area contributed by atoms with Crippen molar-refractivity contribution < 1.29 is 14.3 Å². The van der Waals surface area contributed by atoms with Crippen LogP contribution in [0.15, 0.2) is 24.3 Å². The Balaban J connectivity index is 2.63. The normalized spacial score (nSPS) is 9.21. The highest BCUT2D eigenvalue weighted by atomic mass is 16.5. The molecule has 0 spiro atoms. The van der Waals surface area contributed by atoms with Crippen molar-refractivity contribution in [3.8, 4) is 5.75 Å². The molecule has 0 saturated heterocycles. The van der Waals surface area contributed by atoms with Crippen LogP contribution in [-0.2, 0) is 9.59 Å². The standard InChI is InChI=1S/C10H11NO3/c1-2-14-9-5-3-8(4-6-9)11-10(13)7-12/h3-7H,2H2,1H3,(H,11,13). The van der Waals surface area contributed by atoms with Gasteiger partial charge in [-0.25, -0.2) is 0 Å². The van der Waals surface area contributed by atoms with Gasteiger partial charge in [0.25, 0.3) is 5.91 Å².